The summed E-state index contributed by atoms with van der Waals surface area (Å²) >= 11 is 0. The van der Waals surface area contributed by atoms with Crippen LogP contribution in [0.25, 0.3) is 0 Å². The summed E-state index contributed by atoms with van der Waals surface area (Å²) in [6, 6.07) is 0.817. The molecule has 1 N–H and O–H groups in total. The molecule has 0 bridgehead atoms. The summed E-state index contributed by atoms with van der Waals surface area (Å²) in [4.78, 5) is 2.63. The minimum Gasteiger partial charge on any atom is -0.381 e. The largest absolute Gasteiger partial charge is 0.381 e. The number of ether oxygens (including phenoxy) is 1. The van der Waals surface area contributed by atoms with Crippen LogP contribution in [0.15, 0.2) is 0 Å². The minimum absolute atomic E-state index is 0.362. The fourth-order valence-electron chi connectivity index (χ4n) is 3.68. The molecule has 1 atom stereocenters. The Morgan fingerprint density at radius 1 is 1.26 bits per heavy atom. The average molecular weight is 268 g/mol. The fraction of sp³-hybridized carbons (Fsp3) is 1.00. The summed E-state index contributed by atoms with van der Waals surface area (Å²) in [7, 11) is 2.33. The molecule has 1 aliphatic heterocycles. The van der Waals surface area contributed by atoms with E-state index in [4.69, 9.17) is 4.74 Å². The second-order valence-electron chi connectivity index (χ2n) is 6.69. The lowest BCUT2D eigenvalue weighted by Crippen LogP contribution is -2.47. The molecular formula is C16H32N2O. The SMILES string of the molecule is CCCNCC1(CN(C)C2CCCCC2)CCOC1. The minimum atomic E-state index is 0.362. The van der Waals surface area contributed by atoms with E-state index in [2.05, 4.69) is 24.2 Å². The zero-order chi connectivity index (χ0) is 13.6. The maximum Gasteiger partial charge on any atom is 0.0547 e. The molecule has 1 unspecified atom stereocenters. The van der Waals surface area contributed by atoms with Crippen molar-refractivity contribution in [1.29, 1.82) is 0 Å². The maximum atomic E-state index is 5.71. The summed E-state index contributed by atoms with van der Waals surface area (Å²) in [5.74, 6) is 0. The molecule has 1 heterocycles. The van der Waals surface area contributed by atoms with Gasteiger partial charge in [0.05, 0.1) is 6.61 Å². The molecule has 1 aliphatic carbocycles. The zero-order valence-corrected chi connectivity index (χ0v) is 12.9. The second-order valence-corrected chi connectivity index (χ2v) is 6.69. The molecular weight excluding hydrogens is 236 g/mol. The predicted octanol–water partition coefficient (Wildman–Crippen LogP) is 2.66. The lowest BCUT2D eigenvalue weighted by Gasteiger charge is -2.38. The van der Waals surface area contributed by atoms with Crippen LogP contribution in [0.1, 0.15) is 51.9 Å². The quantitative estimate of drug-likeness (QED) is 0.718. The summed E-state index contributed by atoms with van der Waals surface area (Å²) < 4.78 is 5.71. The van der Waals surface area contributed by atoms with Gasteiger partial charge >= 0.3 is 0 Å². The Labute approximate surface area is 119 Å². The number of nitrogens with one attached hydrogen (secondary N) is 1. The average Bonchev–Trinajstić information content (AvgIpc) is 2.89. The van der Waals surface area contributed by atoms with Crippen molar-refractivity contribution < 1.29 is 4.74 Å². The van der Waals surface area contributed by atoms with E-state index in [1.807, 2.05) is 0 Å². The van der Waals surface area contributed by atoms with Crippen molar-refractivity contribution in [2.75, 3.05) is 39.9 Å². The van der Waals surface area contributed by atoms with Crippen molar-refractivity contribution in [3.8, 4) is 0 Å². The second kappa shape index (κ2) is 7.61. The predicted molar refractivity (Wildman–Crippen MR) is 80.5 cm³/mol. The number of hydrogen-bond donors (Lipinski definition) is 1. The van der Waals surface area contributed by atoms with E-state index in [-0.39, 0.29) is 0 Å². The van der Waals surface area contributed by atoms with E-state index in [0.717, 1.165) is 32.3 Å². The molecule has 19 heavy (non-hydrogen) atoms. The van der Waals surface area contributed by atoms with E-state index < -0.39 is 0 Å². The van der Waals surface area contributed by atoms with Crippen LogP contribution < -0.4 is 5.32 Å². The highest BCUT2D eigenvalue weighted by molar-refractivity contribution is 4.89. The number of nitrogens with zero attached hydrogens (tertiary/aromatic N) is 1. The van der Waals surface area contributed by atoms with Gasteiger partial charge in [0.1, 0.15) is 0 Å². The maximum absolute atomic E-state index is 5.71. The van der Waals surface area contributed by atoms with E-state index in [0.29, 0.717) is 5.41 Å². The smallest absolute Gasteiger partial charge is 0.0547 e. The lowest BCUT2D eigenvalue weighted by atomic mass is 9.85. The normalized spacial score (nSPS) is 29.2. The van der Waals surface area contributed by atoms with Crippen molar-refractivity contribution in [3.63, 3.8) is 0 Å². The van der Waals surface area contributed by atoms with Crippen LogP contribution in [0.5, 0.6) is 0 Å². The van der Waals surface area contributed by atoms with Crippen LogP contribution in [-0.2, 0) is 4.74 Å². The third-order valence-electron chi connectivity index (χ3n) is 4.89. The van der Waals surface area contributed by atoms with Crippen LogP contribution >= 0.6 is 0 Å². The Kier molecular flexibility index (Phi) is 6.11. The third-order valence-corrected chi connectivity index (χ3v) is 4.89. The van der Waals surface area contributed by atoms with Crippen molar-refractivity contribution in [1.82, 2.24) is 10.2 Å². The molecule has 0 radical (unpaired) electrons. The first-order valence-electron chi connectivity index (χ1n) is 8.24. The molecule has 1 saturated carbocycles. The first-order valence-corrected chi connectivity index (χ1v) is 8.24. The van der Waals surface area contributed by atoms with Gasteiger partial charge in [0.15, 0.2) is 0 Å². The Morgan fingerprint density at radius 3 is 2.68 bits per heavy atom. The molecule has 2 fully saturated rings. The molecule has 0 amide bonds. The van der Waals surface area contributed by atoms with E-state index >= 15 is 0 Å². The van der Waals surface area contributed by atoms with E-state index in [9.17, 15) is 0 Å². The van der Waals surface area contributed by atoms with Crippen LogP contribution in [0.4, 0.5) is 0 Å². The first-order chi connectivity index (χ1) is 9.26. The van der Waals surface area contributed by atoms with Crippen molar-refractivity contribution in [2.45, 2.75) is 57.9 Å². The van der Waals surface area contributed by atoms with Gasteiger partial charge in [-0.15, -0.1) is 0 Å². The number of rotatable bonds is 7. The summed E-state index contributed by atoms with van der Waals surface area (Å²) in [6.07, 6.45) is 9.53. The van der Waals surface area contributed by atoms with Gasteiger partial charge in [-0.1, -0.05) is 26.2 Å². The molecule has 0 spiro atoms. The third kappa shape index (κ3) is 4.44. The molecule has 0 aromatic rings. The van der Waals surface area contributed by atoms with Gasteiger partial charge in [0.25, 0.3) is 0 Å². The van der Waals surface area contributed by atoms with Gasteiger partial charge in [0.2, 0.25) is 0 Å². The van der Waals surface area contributed by atoms with Crippen molar-refractivity contribution in [2.24, 2.45) is 5.41 Å². The highest BCUT2D eigenvalue weighted by Gasteiger charge is 2.37. The molecule has 1 saturated heterocycles. The van der Waals surface area contributed by atoms with Crippen LogP contribution in [0, 0.1) is 5.41 Å². The fourth-order valence-corrected chi connectivity index (χ4v) is 3.68. The Balaban J connectivity index is 1.84. The Hall–Kier alpha value is -0.120. The Bertz CT molecular complexity index is 245. The number of hydrogen-bond acceptors (Lipinski definition) is 3. The topological polar surface area (TPSA) is 24.5 Å². The molecule has 2 rings (SSSR count). The van der Waals surface area contributed by atoms with E-state index in [1.165, 1.54) is 51.5 Å². The summed E-state index contributed by atoms with van der Waals surface area (Å²) in [5, 5.41) is 3.62. The molecule has 112 valence electrons. The monoisotopic (exact) mass is 268 g/mol. The highest BCUT2D eigenvalue weighted by Crippen LogP contribution is 2.31. The standard InChI is InChI=1S/C16H32N2O/c1-3-10-17-12-16(9-11-19-14-16)13-18(2)15-7-5-4-6-8-15/h15,17H,3-14H2,1-2H3. The van der Waals surface area contributed by atoms with Gasteiger partial charge in [-0.3, -0.25) is 0 Å². The summed E-state index contributed by atoms with van der Waals surface area (Å²) in [6.45, 7) is 7.59. The highest BCUT2D eigenvalue weighted by atomic mass is 16.5. The zero-order valence-electron chi connectivity index (χ0n) is 12.9. The van der Waals surface area contributed by atoms with Crippen molar-refractivity contribution >= 4 is 0 Å². The van der Waals surface area contributed by atoms with Crippen LogP contribution in [0.2, 0.25) is 0 Å². The summed E-state index contributed by atoms with van der Waals surface area (Å²) in [5.41, 5.74) is 0.362. The lowest BCUT2D eigenvalue weighted by molar-refractivity contribution is 0.0892. The van der Waals surface area contributed by atoms with Gasteiger partial charge < -0.3 is 15.0 Å². The van der Waals surface area contributed by atoms with Gasteiger partial charge in [-0.05, 0) is 39.3 Å². The molecule has 3 nitrogen and oxygen atoms in total. The van der Waals surface area contributed by atoms with Crippen molar-refractivity contribution in [3.05, 3.63) is 0 Å². The molecule has 3 heteroatoms. The van der Waals surface area contributed by atoms with Crippen LogP contribution in [-0.4, -0.2) is 50.8 Å². The molecule has 2 aliphatic rings. The molecule has 0 aromatic carbocycles. The van der Waals surface area contributed by atoms with Crippen LogP contribution in [0.3, 0.4) is 0 Å². The first kappa shape index (κ1) is 15.3. The molecule has 0 aromatic heterocycles. The van der Waals surface area contributed by atoms with Gasteiger partial charge in [0, 0.05) is 31.2 Å². The van der Waals surface area contributed by atoms with Gasteiger partial charge in [-0.25, -0.2) is 0 Å². The van der Waals surface area contributed by atoms with E-state index in [1.54, 1.807) is 0 Å². The Morgan fingerprint density at radius 2 is 2.05 bits per heavy atom. The van der Waals surface area contributed by atoms with Gasteiger partial charge in [-0.2, -0.15) is 0 Å².